The molecule has 0 fully saturated rings. The number of hydrogen-bond acceptors (Lipinski definition) is 4. The number of ether oxygens (including phenoxy) is 1. The zero-order valence-corrected chi connectivity index (χ0v) is 32.1. The first-order valence-corrected chi connectivity index (χ1v) is 21.2. The topological polar surface area (TPSA) is 92.7 Å². The first-order valence-electron chi connectivity index (χ1n) is 21.2. The van der Waals surface area contributed by atoms with Crippen LogP contribution in [-0.2, 0) is 19.1 Å². The summed E-state index contributed by atoms with van der Waals surface area (Å²) in [6.07, 6.45) is 42.5. The van der Waals surface area contributed by atoms with Gasteiger partial charge >= 0.3 is 11.9 Å². The molecule has 1 atom stereocenters. The molecule has 0 aliphatic rings. The maximum Gasteiger partial charge on any atom is 0.322 e. The van der Waals surface area contributed by atoms with Crippen LogP contribution in [0.1, 0.15) is 239 Å². The quantitative estimate of drug-likeness (QED) is 0.0498. The summed E-state index contributed by atoms with van der Waals surface area (Å²) in [6.45, 7) is 4.21. The van der Waals surface area contributed by atoms with E-state index in [1.807, 2.05) is 0 Å². The van der Waals surface area contributed by atoms with E-state index in [-0.39, 0.29) is 24.5 Å². The third-order valence-electron chi connectivity index (χ3n) is 9.78. The highest BCUT2D eigenvalue weighted by atomic mass is 16.5. The predicted octanol–water partition coefficient (Wildman–Crippen LogP) is 12.8. The number of amides is 1. The van der Waals surface area contributed by atoms with E-state index in [4.69, 9.17) is 9.84 Å². The van der Waals surface area contributed by atoms with Crippen LogP contribution in [0.5, 0.6) is 0 Å². The van der Waals surface area contributed by atoms with E-state index < -0.39 is 5.97 Å². The lowest BCUT2D eigenvalue weighted by Crippen LogP contribution is -2.28. The van der Waals surface area contributed by atoms with E-state index in [2.05, 4.69) is 19.2 Å². The Kier molecular flexibility index (Phi) is 36.9. The Bertz CT molecular complexity index is 712. The summed E-state index contributed by atoms with van der Waals surface area (Å²) in [5.41, 5.74) is 0. The summed E-state index contributed by atoms with van der Waals surface area (Å²) >= 11 is 0. The van der Waals surface area contributed by atoms with Gasteiger partial charge in [0.25, 0.3) is 0 Å². The molecular formula is C42H81NO5. The van der Waals surface area contributed by atoms with Gasteiger partial charge < -0.3 is 15.2 Å². The van der Waals surface area contributed by atoms with Gasteiger partial charge in [-0.25, -0.2) is 0 Å². The zero-order valence-electron chi connectivity index (χ0n) is 32.1. The molecule has 0 rings (SSSR count). The number of esters is 1. The van der Waals surface area contributed by atoms with E-state index in [1.165, 1.54) is 154 Å². The van der Waals surface area contributed by atoms with Gasteiger partial charge in [0.05, 0.1) is 0 Å². The second-order valence-corrected chi connectivity index (χ2v) is 14.6. The first-order chi connectivity index (χ1) is 23.5. The van der Waals surface area contributed by atoms with E-state index in [9.17, 15) is 14.4 Å². The van der Waals surface area contributed by atoms with Crippen LogP contribution in [0.4, 0.5) is 0 Å². The zero-order chi connectivity index (χ0) is 35.2. The van der Waals surface area contributed by atoms with Gasteiger partial charge in [-0.2, -0.15) is 0 Å². The minimum atomic E-state index is -1.02. The van der Waals surface area contributed by atoms with Crippen molar-refractivity contribution in [3.63, 3.8) is 0 Å². The van der Waals surface area contributed by atoms with Gasteiger partial charge in [-0.05, 0) is 38.5 Å². The molecule has 0 aromatic rings. The summed E-state index contributed by atoms with van der Waals surface area (Å²) < 4.78 is 5.96. The minimum Gasteiger partial charge on any atom is -0.480 e. The summed E-state index contributed by atoms with van der Waals surface area (Å²) in [4.78, 5) is 34.9. The van der Waals surface area contributed by atoms with Gasteiger partial charge in [-0.3, -0.25) is 14.4 Å². The molecule has 0 bridgehead atoms. The molecule has 48 heavy (non-hydrogen) atoms. The smallest absolute Gasteiger partial charge is 0.322 e. The fourth-order valence-electron chi connectivity index (χ4n) is 6.63. The maximum atomic E-state index is 12.6. The molecule has 1 amide bonds. The lowest BCUT2D eigenvalue weighted by atomic mass is 10.0. The van der Waals surface area contributed by atoms with Crippen molar-refractivity contribution in [2.24, 2.45) is 0 Å². The number of hydrogen-bond donors (Lipinski definition) is 2. The predicted molar refractivity (Wildman–Crippen MR) is 203 cm³/mol. The van der Waals surface area contributed by atoms with Crippen molar-refractivity contribution in [1.82, 2.24) is 5.32 Å². The summed E-state index contributed by atoms with van der Waals surface area (Å²) in [6, 6.07) is 0. The molecule has 0 saturated heterocycles. The van der Waals surface area contributed by atoms with Gasteiger partial charge in [-0.1, -0.05) is 187 Å². The Morgan fingerprint density at radius 3 is 1.12 bits per heavy atom. The van der Waals surface area contributed by atoms with E-state index in [0.29, 0.717) is 12.8 Å². The highest BCUT2D eigenvalue weighted by Gasteiger charge is 2.14. The lowest BCUT2D eigenvalue weighted by molar-refractivity contribution is -0.150. The third-order valence-corrected chi connectivity index (χ3v) is 9.78. The van der Waals surface area contributed by atoms with Crippen LogP contribution in [-0.4, -0.2) is 35.6 Å². The Labute approximate surface area is 298 Å². The van der Waals surface area contributed by atoms with Crippen LogP contribution in [0.25, 0.3) is 0 Å². The molecule has 6 heteroatoms. The summed E-state index contributed by atoms with van der Waals surface area (Å²) in [7, 11) is 0. The molecule has 284 valence electrons. The standard InChI is InChI=1S/C42H81NO5/c1-3-5-7-9-11-12-13-14-15-16-17-18-19-20-21-22-23-24-25-27-33-37-42(47)48-39(34-30-26-10-8-6-4-2)35-31-28-29-32-36-40(44)43-38-41(45)46/h39H,3-38H2,1-2H3,(H,43,44)(H,45,46). The molecule has 0 spiro atoms. The number of rotatable bonds is 39. The van der Waals surface area contributed by atoms with Crippen LogP contribution >= 0.6 is 0 Å². The molecule has 2 N–H and O–H groups in total. The summed E-state index contributed by atoms with van der Waals surface area (Å²) in [5.74, 6) is -1.25. The molecule has 0 radical (unpaired) electrons. The lowest BCUT2D eigenvalue weighted by Gasteiger charge is -2.18. The van der Waals surface area contributed by atoms with Crippen LogP contribution in [0, 0.1) is 0 Å². The van der Waals surface area contributed by atoms with Crippen LogP contribution < -0.4 is 5.32 Å². The van der Waals surface area contributed by atoms with Crippen molar-refractivity contribution in [3.05, 3.63) is 0 Å². The molecule has 1 unspecified atom stereocenters. The molecule has 0 aromatic carbocycles. The average Bonchev–Trinajstić information content (AvgIpc) is 3.07. The number of carbonyl (C=O) groups excluding carboxylic acids is 2. The maximum absolute atomic E-state index is 12.6. The van der Waals surface area contributed by atoms with E-state index in [1.54, 1.807) is 0 Å². The number of carbonyl (C=O) groups is 3. The van der Waals surface area contributed by atoms with Crippen molar-refractivity contribution in [3.8, 4) is 0 Å². The summed E-state index contributed by atoms with van der Waals surface area (Å²) in [5, 5.41) is 11.1. The van der Waals surface area contributed by atoms with Crippen LogP contribution in [0.2, 0.25) is 0 Å². The Morgan fingerprint density at radius 2 is 0.771 bits per heavy atom. The van der Waals surface area contributed by atoms with E-state index in [0.717, 1.165) is 57.8 Å². The minimum absolute atomic E-state index is 0.0115. The molecular weight excluding hydrogens is 598 g/mol. The number of carboxylic acids is 1. The average molecular weight is 680 g/mol. The number of carboxylic acid groups (broad SMARTS) is 1. The molecule has 0 aliphatic carbocycles. The fourth-order valence-corrected chi connectivity index (χ4v) is 6.63. The normalized spacial score (nSPS) is 11.9. The van der Waals surface area contributed by atoms with Crippen molar-refractivity contribution in [2.45, 2.75) is 245 Å². The highest BCUT2D eigenvalue weighted by molar-refractivity contribution is 5.80. The van der Waals surface area contributed by atoms with Crippen LogP contribution in [0.15, 0.2) is 0 Å². The highest BCUT2D eigenvalue weighted by Crippen LogP contribution is 2.19. The first kappa shape index (κ1) is 46.4. The monoisotopic (exact) mass is 680 g/mol. The van der Waals surface area contributed by atoms with Crippen LogP contribution in [0.3, 0.4) is 0 Å². The number of aliphatic carboxylic acids is 1. The van der Waals surface area contributed by atoms with Gasteiger partial charge in [0, 0.05) is 12.8 Å². The van der Waals surface area contributed by atoms with Gasteiger partial charge in [-0.15, -0.1) is 0 Å². The van der Waals surface area contributed by atoms with Gasteiger partial charge in [0.2, 0.25) is 5.91 Å². The van der Waals surface area contributed by atoms with Crippen molar-refractivity contribution < 1.29 is 24.2 Å². The number of unbranched alkanes of at least 4 members (excludes halogenated alkanes) is 28. The second kappa shape index (κ2) is 38.2. The van der Waals surface area contributed by atoms with Gasteiger partial charge in [0.1, 0.15) is 12.6 Å². The third kappa shape index (κ3) is 37.2. The second-order valence-electron chi connectivity index (χ2n) is 14.6. The molecule has 0 aliphatic heterocycles. The molecule has 6 nitrogen and oxygen atoms in total. The van der Waals surface area contributed by atoms with Gasteiger partial charge in [0.15, 0.2) is 0 Å². The van der Waals surface area contributed by atoms with Crippen molar-refractivity contribution >= 4 is 17.8 Å². The largest absolute Gasteiger partial charge is 0.480 e. The Hall–Kier alpha value is -1.59. The SMILES string of the molecule is CCCCCCCCCCCCCCCCCCCCCCCC(=O)OC(CCCCCCCC)CCCCCCC(=O)NCC(=O)O. The Balaban J connectivity index is 3.81. The van der Waals surface area contributed by atoms with Crippen molar-refractivity contribution in [1.29, 1.82) is 0 Å². The van der Waals surface area contributed by atoms with E-state index >= 15 is 0 Å². The molecule has 0 heterocycles. The molecule has 0 aromatic heterocycles. The number of nitrogens with one attached hydrogen (secondary N) is 1. The van der Waals surface area contributed by atoms with Crippen molar-refractivity contribution in [2.75, 3.05) is 6.54 Å². The fraction of sp³-hybridized carbons (Fsp3) is 0.929. The molecule has 0 saturated carbocycles. The Morgan fingerprint density at radius 1 is 0.458 bits per heavy atom.